The van der Waals surface area contributed by atoms with Crippen molar-refractivity contribution in [3.63, 3.8) is 0 Å². The SMILES string of the molecule is CC[N+]([SiH2]C)=[Si](C)C. The zero-order valence-electron chi connectivity index (χ0n) is 6.36. The van der Waals surface area contributed by atoms with Crippen LogP contribution in [0.4, 0.5) is 0 Å². The van der Waals surface area contributed by atoms with E-state index in [2.05, 4.69) is 30.4 Å². The van der Waals surface area contributed by atoms with E-state index in [0.717, 1.165) is 0 Å². The summed E-state index contributed by atoms with van der Waals surface area (Å²) < 4.78 is 2.66. The molecule has 0 aliphatic carbocycles. The fraction of sp³-hybridized carbons (Fsp3) is 1.00. The Kier molecular flexibility index (Phi) is 4.27. The summed E-state index contributed by atoms with van der Waals surface area (Å²) in [5, 5.41) is 0. The predicted molar refractivity (Wildman–Crippen MR) is 42.7 cm³/mol. The summed E-state index contributed by atoms with van der Waals surface area (Å²) in [5.41, 5.74) is 0. The van der Waals surface area contributed by atoms with E-state index in [4.69, 9.17) is 0 Å². The largest absolute Gasteiger partial charge is 0.398 e. The summed E-state index contributed by atoms with van der Waals surface area (Å²) in [7, 11) is 0.0793. The summed E-state index contributed by atoms with van der Waals surface area (Å²) in [6.07, 6.45) is 0. The summed E-state index contributed by atoms with van der Waals surface area (Å²) in [5.74, 6) is 0. The number of hydrogen-bond donors (Lipinski definition) is 0. The fourth-order valence-electron chi connectivity index (χ4n) is 0.856. The Morgan fingerprint density at radius 3 is 2.00 bits per heavy atom. The van der Waals surface area contributed by atoms with Gasteiger partial charge in [0.2, 0.25) is 0 Å². The lowest BCUT2D eigenvalue weighted by Crippen LogP contribution is -2.20. The monoisotopic (exact) mass is 146 g/mol. The molecule has 0 unspecified atom stereocenters. The van der Waals surface area contributed by atoms with Crippen molar-refractivity contribution in [1.82, 2.24) is 0 Å². The van der Waals surface area contributed by atoms with Crippen LogP contribution in [-0.4, -0.2) is 28.7 Å². The van der Waals surface area contributed by atoms with Gasteiger partial charge in [0.15, 0.2) is 0 Å². The van der Waals surface area contributed by atoms with Crippen LogP contribution in [0.2, 0.25) is 19.6 Å². The van der Waals surface area contributed by atoms with Crippen LogP contribution in [0.1, 0.15) is 6.92 Å². The van der Waals surface area contributed by atoms with Crippen LogP contribution in [0, 0.1) is 0 Å². The van der Waals surface area contributed by atoms with Crippen molar-refractivity contribution in [2.45, 2.75) is 26.6 Å². The topological polar surface area (TPSA) is 3.01 Å². The molecule has 0 amide bonds. The number of nitrogens with zero attached hydrogens (tertiary/aromatic N) is 1. The minimum atomic E-state index is -0.0797. The average molecular weight is 146 g/mol. The van der Waals surface area contributed by atoms with Crippen molar-refractivity contribution in [3.8, 4) is 0 Å². The molecule has 0 heterocycles. The molecule has 8 heavy (non-hydrogen) atoms. The van der Waals surface area contributed by atoms with Crippen molar-refractivity contribution in [1.29, 1.82) is 0 Å². The van der Waals surface area contributed by atoms with E-state index in [1.165, 1.54) is 6.54 Å². The van der Waals surface area contributed by atoms with Gasteiger partial charge in [-0.25, -0.2) is 0 Å². The Hall–Kier alpha value is 0.234. The Morgan fingerprint density at radius 2 is 2.00 bits per heavy atom. The maximum absolute atomic E-state index is 2.66. The normalized spacial score (nSPS) is 10.5. The second-order valence-corrected chi connectivity index (χ2v) is 6.67. The first-order valence-corrected chi connectivity index (χ1v) is 7.76. The molecule has 0 saturated carbocycles. The standard InChI is InChI=1S/C5H16NSi2/c1-5-6(7-2)8(3)4/h5,7H2,1-4H3/q+1. The van der Waals surface area contributed by atoms with Crippen molar-refractivity contribution < 1.29 is 3.88 Å². The highest BCUT2D eigenvalue weighted by Crippen LogP contribution is 1.74. The Bertz CT molecular complexity index is 88.6. The highest BCUT2D eigenvalue weighted by molar-refractivity contribution is 6.44. The molecule has 0 aromatic rings. The maximum Gasteiger partial charge on any atom is 0.308 e. The number of rotatable bonds is 2. The van der Waals surface area contributed by atoms with Crippen LogP contribution in [0.5, 0.6) is 0 Å². The second kappa shape index (κ2) is 4.15. The molecule has 0 saturated heterocycles. The lowest BCUT2D eigenvalue weighted by molar-refractivity contribution is -0.364. The van der Waals surface area contributed by atoms with E-state index in [1.807, 2.05) is 0 Å². The maximum atomic E-state index is 2.66. The fourth-order valence-corrected chi connectivity index (χ4v) is 4.47. The Labute approximate surface area is 56.0 Å². The van der Waals surface area contributed by atoms with Crippen LogP contribution in [0.15, 0.2) is 0 Å². The molecule has 1 nitrogen and oxygen atoms in total. The number of hydrogen-bond acceptors (Lipinski definition) is 0. The zero-order valence-corrected chi connectivity index (χ0v) is 8.78. The summed E-state index contributed by atoms with van der Waals surface area (Å²) in [6.45, 7) is 10.6. The molecule has 48 valence electrons. The molecular weight excluding hydrogens is 130 g/mol. The highest BCUT2D eigenvalue weighted by atomic mass is 28.3. The van der Waals surface area contributed by atoms with Crippen molar-refractivity contribution in [3.05, 3.63) is 0 Å². The van der Waals surface area contributed by atoms with E-state index in [0.29, 0.717) is 0 Å². The van der Waals surface area contributed by atoms with Crippen LogP contribution < -0.4 is 0 Å². The molecule has 0 rings (SSSR count). The van der Waals surface area contributed by atoms with Crippen molar-refractivity contribution >= 4 is 18.3 Å². The molecule has 0 N–H and O–H groups in total. The molecule has 0 atom stereocenters. The summed E-state index contributed by atoms with van der Waals surface area (Å²) in [6, 6.07) is 0. The molecule has 0 aromatic carbocycles. The van der Waals surface area contributed by atoms with Crippen LogP contribution in [-0.2, 0) is 0 Å². The molecule has 0 aliphatic rings. The average Bonchev–Trinajstić information content (AvgIpc) is 1.69. The minimum absolute atomic E-state index is 0.0797. The molecule has 0 spiro atoms. The van der Waals surface area contributed by atoms with Gasteiger partial charge in [0.25, 0.3) is 0 Å². The van der Waals surface area contributed by atoms with E-state index < -0.39 is 0 Å². The summed E-state index contributed by atoms with van der Waals surface area (Å²) >= 11 is 0. The van der Waals surface area contributed by atoms with Gasteiger partial charge in [-0.05, 0) is 13.5 Å². The van der Waals surface area contributed by atoms with E-state index >= 15 is 0 Å². The summed E-state index contributed by atoms with van der Waals surface area (Å²) in [4.78, 5) is 0. The third kappa shape index (κ3) is 2.52. The third-order valence-electron chi connectivity index (χ3n) is 1.40. The van der Waals surface area contributed by atoms with Gasteiger partial charge in [0.05, 0.1) is 6.54 Å². The Morgan fingerprint density at radius 1 is 1.50 bits per heavy atom. The van der Waals surface area contributed by atoms with Crippen molar-refractivity contribution in [2.75, 3.05) is 6.54 Å². The minimum Gasteiger partial charge on any atom is -0.398 e. The third-order valence-corrected chi connectivity index (χ3v) is 7.03. The first-order valence-electron chi connectivity index (χ1n) is 3.27. The quantitative estimate of drug-likeness (QED) is 0.504. The van der Waals surface area contributed by atoms with E-state index in [-0.39, 0.29) is 18.3 Å². The predicted octanol–water partition coefficient (Wildman–Crippen LogP) is 0.670. The van der Waals surface area contributed by atoms with Crippen molar-refractivity contribution in [2.24, 2.45) is 0 Å². The van der Waals surface area contributed by atoms with Gasteiger partial charge >= 0.3 is 18.3 Å². The zero-order chi connectivity index (χ0) is 6.57. The van der Waals surface area contributed by atoms with Gasteiger partial charge in [0, 0.05) is 13.1 Å². The van der Waals surface area contributed by atoms with Crippen LogP contribution >= 0.6 is 0 Å². The molecule has 0 fully saturated rings. The van der Waals surface area contributed by atoms with Gasteiger partial charge in [-0.2, -0.15) is 0 Å². The molecule has 0 radical (unpaired) electrons. The van der Waals surface area contributed by atoms with E-state index in [9.17, 15) is 0 Å². The molecular formula is C5H16NSi2+. The van der Waals surface area contributed by atoms with Crippen LogP contribution in [0.25, 0.3) is 0 Å². The first-order chi connectivity index (χ1) is 3.72. The lowest BCUT2D eigenvalue weighted by atomic mass is 10.8. The highest BCUT2D eigenvalue weighted by Gasteiger charge is 1.97. The van der Waals surface area contributed by atoms with Crippen LogP contribution in [0.3, 0.4) is 0 Å². The van der Waals surface area contributed by atoms with Gasteiger partial charge < -0.3 is 3.88 Å². The smallest absolute Gasteiger partial charge is 0.308 e. The first kappa shape index (κ1) is 8.23. The molecule has 0 aliphatic heterocycles. The second-order valence-electron chi connectivity index (χ2n) is 2.12. The molecule has 0 aromatic heterocycles. The lowest BCUT2D eigenvalue weighted by Gasteiger charge is -1.98. The van der Waals surface area contributed by atoms with E-state index in [1.54, 1.807) is 0 Å². The Balaban J connectivity index is 3.86. The molecule has 3 heteroatoms. The van der Waals surface area contributed by atoms with Gasteiger partial charge in [-0.15, -0.1) is 0 Å². The van der Waals surface area contributed by atoms with Gasteiger partial charge in [-0.1, -0.05) is 0 Å². The van der Waals surface area contributed by atoms with Gasteiger partial charge in [0.1, 0.15) is 0 Å². The molecule has 0 bridgehead atoms. The van der Waals surface area contributed by atoms with Gasteiger partial charge in [-0.3, -0.25) is 0 Å².